The Labute approximate surface area is 108 Å². The maximum atomic E-state index is 12.6. The van der Waals surface area contributed by atoms with E-state index >= 15 is 0 Å². The van der Waals surface area contributed by atoms with Gasteiger partial charge in [0.2, 0.25) is 0 Å². The number of carbonyl (C=O) groups is 1. The maximum Gasteiger partial charge on any atom is 0.421 e. The zero-order chi connectivity index (χ0) is 14.3. The lowest BCUT2D eigenvalue weighted by molar-refractivity contribution is -0.258. The highest BCUT2D eigenvalue weighted by atomic mass is 19.4. The van der Waals surface area contributed by atoms with Crippen LogP contribution >= 0.6 is 0 Å². The Morgan fingerprint density at radius 2 is 1.79 bits per heavy atom. The highest BCUT2D eigenvalue weighted by Gasteiger charge is 2.51. The topological polar surface area (TPSA) is 49.3 Å². The quantitative estimate of drug-likeness (QED) is 0.888. The molecule has 1 aliphatic carbocycles. The average molecular weight is 273 g/mol. The second kappa shape index (κ2) is 4.52. The molecule has 104 valence electrons. The highest BCUT2D eigenvalue weighted by molar-refractivity contribution is 5.94. The molecule has 0 aromatic heterocycles. The SMILES string of the molecule is CC(O)(c1ccc(C(=O)NC2CC2)cc1)C(F)(F)F. The highest BCUT2D eigenvalue weighted by Crippen LogP contribution is 2.38. The Morgan fingerprint density at radius 1 is 1.26 bits per heavy atom. The summed E-state index contributed by atoms with van der Waals surface area (Å²) in [7, 11) is 0. The van der Waals surface area contributed by atoms with E-state index in [2.05, 4.69) is 5.32 Å². The molecule has 1 fully saturated rings. The van der Waals surface area contributed by atoms with Crippen molar-refractivity contribution in [1.82, 2.24) is 5.32 Å². The van der Waals surface area contributed by atoms with Crippen LogP contribution in [0.3, 0.4) is 0 Å². The molecule has 1 atom stereocenters. The molecule has 0 saturated heterocycles. The van der Waals surface area contributed by atoms with Crippen LogP contribution in [0.5, 0.6) is 0 Å². The minimum atomic E-state index is -4.76. The van der Waals surface area contributed by atoms with E-state index in [1.165, 1.54) is 12.1 Å². The van der Waals surface area contributed by atoms with Crippen LogP contribution in [0.25, 0.3) is 0 Å². The second-order valence-corrected chi connectivity index (χ2v) is 4.90. The molecule has 0 spiro atoms. The molecule has 0 radical (unpaired) electrons. The predicted molar refractivity (Wildman–Crippen MR) is 62.6 cm³/mol. The normalized spacial score (nSPS) is 18.8. The van der Waals surface area contributed by atoms with Crippen molar-refractivity contribution in [3.8, 4) is 0 Å². The number of halogens is 3. The minimum absolute atomic E-state index is 0.186. The predicted octanol–water partition coefficient (Wildman–Crippen LogP) is 2.35. The van der Waals surface area contributed by atoms with E-state index in [0.29, 0.717) is 6.92 Å². The Hall–Kier alpha value is -1.56. The van der Waals surface area contributed by atoms with Crippen molar-refractivity contribution in [2.45, 2.75) is 37.6 Å². The molecular formula is C13H14F3NO2. The first-order chi connectivity index (χ1) is 8.72. The van der Waals surface area contributed by atoms with Gasteiger partial charge in [0.05, 0.1) is 0 Å². The fourth-order valence-corrected chi connectivity index (χ4v) is 1.61. The van der Waals surface area contributed by atoms with Crippen molar-refractivity contribution >= 4 is 5.91 Å². The van der Waals surface area contributed by atoms with Crippen molar-refractivity contribution in [2.75, 3.05) is 0 Å². The Bertz CT molecular complexity index is 476. The molecule has 1 amide bonds. The summed E-state index contributed by atoms with van der Waals surface area (Å²) in [5.41, 5.74) is -2.92. The van der Waals surface area contributed by atoms with Crippen LogP contribution in [0.4, 0.5) is 13.2 Å². The van der Waals surface area contributed by atoms with Gasteiger partial charge in [-0.15, -0.1) is 0 Å². The van der Waals surface area contributed by atoms with E-state index in [9.17, 15) is 23.1 Å². The number of rotatable bonds is 3. The molecule has 3 nitrogen and oxygen atoms in total. The van der Waals surface area contributed by atoms with Crippen LogP contribution in [-0.2, 0) is 5.60 Å². The third-order valence-corrected chi connectivity index (χ3v) is 3.17. The summed E-state index contributed by atoms with van der Waals surface area (Å²) < 4.78 is 37.9. The number of amides is 1. The third kappa shape index (κ3) is 2.89. The molecule has 19 heavy (non-hydrogen) atoms. The summed E-state index contributed by atoms with van der Waals surface area (Å²) in [6.45, 7) is 0.687. The smallest absolute Gasteiger partial charge is 0.376 e. The first-order valence-electron chi connectivity index (χ1n) is 5.92. The summed E-state index contributed by atoms with van der Waals surface area (Å²) in [6, 6.07) is 5.00. The zero-order valence-electron chi connectivity index (χ0n) is 10.3. The molecule has 1 aromatic rings. The van der Waals surface area contributed by atoms with Crippen molar-refractivity contribution < 1.29 is 23.1 Å². The van der Waals surface area contributed by atoms with Gasteiger partial charge in [-0.25, -0.2) is 0 Å². The van der Waals surface area contributed by atoms with Crippen molar-refractivity contribution in [3.63, 3.8) is 0 Å². The number of hydrogen-bond acceptors (Lipinski definition) is 2. The Kier molecular flexibility index (Phi) is 3.30. The summed E-state index contributed by atoms with van der Waals surface area (Å²) in [6.07, 6.45) is -2.88. The van der Waals surface area contributed by atoms with Crippen molar-refractivity contribution in [2.24, 2.45) is 0 Å². The Balaban J connectivity index is 2.15. The lowest BCUT2D eigenvalue weighted by Crippen LogP contribution is -2.39. The van der Waals surface area contributed by atoms with Crippen LogP contribution < -0.4 is 5.32 Å². The summed E-state index contributed by atoms with van der Waals surface area (Å²) in [5, 5.41) is 12.2. The number of benzene rings is 1. The molecule has 0 heterocycles. The van der Waals surface area contributed by atoms with E-state index in [0.717, 1.165) is 25.0 Å². The molecule has 0 bridgehead atoms. The molecular weight excluding hydrogens is 259 g/mol. The lowest BCUT2D eigenvalue weighted by atomic mass is 9.94. The number of nitrogens with one attached hydrogen (secondary N) is 1. The molecule has 1 aromatic carbocycles. The number of hydrogen-bond donors (Lipinski definition) is 2. The first kappa shape index (κ1) is 13.9. The largest absolute Gasteiger partial charge is 0.421 e. The van der Waals surface area contributed by atoms with Crippen LogP contribution in [0, 0.1) is 0 Å². The van der Waals surface area contributed by atoms with Gasteiger partial charge >= 0.3 is 6.18 Å². The minimum Gasteiger partial charge on any atom is -0.376 e. The molecule has 6 heteroatoms. The van der Waals surface area contributed by atoms with Gasteiger partial charge in [-0.05, 0) is 37.5 Å². The van der Waals surface area contributed by atoms with E-state index in [1.807, 2.05) is 0 Å². The number of aliphatic hydroxyl groups is 1. The van der Waals surface area contributed by atoms with Gasteiger partial charge in [0.15, 0.2) is 5.60 Å². The van der Waals surface area contributed by atoms with Gasteiger partial charge in [0, 0.05) is 11.6 Å². The molecule has 1 saturated carbocycles. The van der Waals surface area contributed by atoms with E-state index in [4.69, 9.17) is 0 Å². The molecule has 2 rings (SSSR count). The van der Waals surface area contributed by atoms with Crippen LogP contribution in [0.2, 0.25) is 0 Å². The molecule has 2 N–H and O–H groups in total. The number of carbonyl (C=O) groups excluding carboxylic acids is 1. The van der Waals surface area contributed by atoms with Gasteiger partial charge in [-0.1, -0.05) is 12.1 Å². The molecule has 0 aliphatic heterocycles. The van der Waals surface area contributed by atoms with Gasteiger partial charge in [0.1, 0.15) is 0 Å². The fraction of sp³-hybridized carbons (Fsp3) is 0.462. The second-order valence-electron chi connectivity index (χ2n) is 4.90. The lowest BCUT2D eigenvalue weighted by Gasteiger charge is -2.26. The Morgan fingerprint density at radius 3 is 2.21 bits per heavy atom. The fourth-order valence-electron chi connectivity index (χ4n) is 1.61. The zero-order valence-corrected chi connectivity index (χ0v) is 10.3. The van der Waals surface area contributed by atoms with Crippen molar-refractivity contribution in [3.05, 3.63) is 35.4 Å². The monoisotopic (exact) mass is 273 g/mol. The third-order valence-electron chi connectivity index (χ3n) is 3.17. The van der Waals surface area contributed by atoms with Crippen LogP contribution in [0.1, 0.15) is 35.7 Å². The summed E-state index contributed by atoms with van der Waals surface area (Å²) >= 11 is 0. The summed E-state index contributed by atoms with van der Waals surface area (Å²) in [5.74, 6) is -0.305. The van der Waals surface area contributed by atoms with Gasteiger partial charge in [0.25, 0.3) is 5.91 Å². The maximum absolute atomic E-state index is 12.6. The van der Waals surface area contributed by atoms with Crippen LogP contribution in [0.15, 0.2) is 24.3 Å². The van der Waals surface area contributed by atoms with Gasteiger partial charge < -0.3 is 10.4 Å². The standard InChI is InChI=1S/C13H14F3NO2/c1-12(19,13(14,15)16)9-4-2-8(3-5-9)11(18)17-10-6-7-10/h2-5,10,19H,6-7H2,1H3,(H,17,18). The summed E-state index contributed by atoms with van der Waals surface area (Å²) in [4.78, 5) is 11.7. The number of alkyl halides is 3. The van der Waals surface area contributed by atoms with Gasteiger partial charge in [-0.3, -0.25) is 4.79 Å². The molecule has 1 aliphatic rings. The van der Waals surface area contributed by atoms with Crippen LogP contribution in [-0.4, -0.2) is 23.2 Å². The first-order valence-corrected chi connectivity index (χ1v) is 5.92. The van der Waals surface area contributed by atoms with Crippen molar-refractivity contribution in [1.29, 1.82) is 0 Å². The van der Waals surface area contributed by atoms with E-state index in [1.54, 1.807) is 0 Å². The molecule has 1 unspecified atom stereocenters. The van der Waals surface area contributed by atoms with E-state index in [-0.39, 0.29) is 23.1 Å². The average Bonchev–Trinajstić information content (AvgIpc) is 3.11. The van der Waals surface area contributed by atoms with E-state index < -0.39 is 11.8 Å². The van der Waals surface area contributed by atoms with Gasteiger partial charge in [-0.2, -0.15) is 13.2 Å².